The molecule has 1 saturated heterocycles. The van der Waals surface area contributed by atoms with Gasteiger partial charge in [-0.15, -0.1) is 0 Å². The van der Waals surface area contributed by atoms with Gasteiger partial charge in [0.1, 0.15) is 0 Å². The molecule has 15 heavy (non-hydrogen) atoms. The van der Waals surface area contributed by atoms with Crippen LogP contribution in [0.15, 0.2) is 0 Å². The first kappa shape index (κ1) is 12.4. The van der Waals surface area contributed by atoms with E-state index in [0.29, 0.717) is 19.0 Å². The molecule has 0 aromatic rings. The lowest BCUT2D eigenvalue weighted by atomic mass is 9.94. The second kappa shape index (κ2) is 4.92. The molecule has 1 heterocycles. The lowest BCUT2D eigenvalue weighted by molar-refractivity contribution is 0.212. The van der Waals surface area contributed by atoms with Crippen molar-refractivity contribution >= 4 is 10.0 Å². The zero-order valence-corrected chi connectivity index (χ0v) is 9.70. The van der Waals surface area contributed by atoms with Crippen LogP contribution in [0.3, 0.4) is 0 Å². The molecule has 0 aliphatic carbocycles. The topological polar surface area (TPSA) is 87.2 Å². The van der Waals surface area contributed by atoms with Gasteiger partial charge >= 0.3 is 0 Å². The fourth-order valence-corrected chi connectivity index (χ4v) is 3.31. The third-order valence-electron chi connectivity index (χ3n) is 2.80. The summed E-state index contributed by atoms with van der Waals surface area (Å²) in [6, 6.07) is 1.56. The van der Waals surface area contributed by atoms with E-state index in [1.807, 2.05) is 0 Å². The van der Waals surface area contributed by atoms with Gasteiger partial charge in [-0.1, -0.05) is 6.92 Å². The summed E-state index contributed by atoms with van der Waals surface area (Å²) in [6.45, 7) is 2.92. The molecule has 86 valence electrons. The van der Waals surface area contributed by atoms with E-state index in [4.69, 9.17) is 11.0 Å². The summed E-state index contributed by atoms with van der Waals surface area (Å²) in [5.41, 5.74) is 5.56. The van der Waals surface area contributed by atoms with Crippen LogP contribution in [0.4, 0.5) is 0 Å². The van der Waals surface area contributed by atoms with Gasteiger partial charge in [-0.3, -0.25) is 0 Å². The molecular formula is C9H17N3O2S. The highest BCUT2D eigenvalue weighted by molar-refractivity contribution is 7.89. The molecule has 2 unspecified atom stereocenters. The SMILES string of the molecule is CC1CCN(S(=O)(=O)CC#N)C(CN)C1. The van der Waals surface area contributed by atoms with Gasteiger partial charge in [0.15, 0.2) is 5.75 Å². The van der Waals surface area contributed by atoms with Gasteiger partial charge in [0.05, 0.1) is 6.07 Å². The fourth-order valence-electron chi connectivity index (χ4n) is 1.97. The smallest absolute Gasteiger partial charge is 0.227 e. The second-order valence-electron chi connectivity index (χ2n) is 4.04. The Bertz CT molecular complexity index is 347. The summed E-state index contributed by atoms with van der Waals surface area (Å²) in [6.07, 6.45) is 1.64. The number of sulfonamides is 1. The van der Waals surface area contributed by atoms with Crippen LogP contribution in [-0.4, -0.2) is 37.6 Å². The molecular weight excluding hydrogens is 214 g/mol. The lowest BCUT2D eigenvalue weighted by Crippen LogP contribution is -2.49. The van der Waals surface area contributed by atoms with Crippen molar-refractivity contribution in [3.63, 3.8) is 0 Å². The molecule has 2 N–H and O–H groups in total. The highest BCUT2D eigenvalue weighted by Gasteiger charge is 2.33. The van der Waals surface area contributed by atoms with Gasteiger partial charge in [-0.25, -0.2) is 8.42 Å². The predicted octanol–water partition coefficient (Wildman–Crippen LogP) is -0.101. The normalized spacial score (nSPS) is 28.6. The molecule has 0 radical (unpaired) electrons. The zero-order chi connectivity index (χ0) is 11.5. The predicted molar refractivity (Wildman–Crippen MR) is 57.3 cm³/mol. The highest BCUT2D eigenvalue weighted by atomic mass is 32.2. The Hall–Kier alpha value is -0.640. The molecule has 1 aliphatic heterocycles. The summed E-state index contributed by atoms with van der Waals surface area (Å²) >= 11 is 0. The first-order valence-electron chi connectivity index (χ1n) is 5.07. The average Bonchev–Trinajstić information content (AvgIpc) is 2.17. The van der Waals surface area contributed by atoms with Gasteiger partial charge in [-0.05, 0) is 18.8 Å². The summed E-state index contributed by atoms with van der Waals surface area (Å²) in [7, 11) is -3.43. The third-order valence-corrected chi connectivity index (χ3v) is 4.49. The van der Waals surface area contributed by atoms with Crippen LogP contribution in [0.1, 0.15) is 19.8 Å². The first-order valence-corrected chi connectivity index (χ1v) is 6.68. The first-order chi connectivity index (χ1) is 7.01. The average molecular weight is 231 g/mol. The van der Waals surface area contributed by atoms with E-state index < -0.39 is 15.8 Å². The van der Waals surface area contributed by atoms with Crippen molar-refractivity contribution in [2.45, 2.75) is 25.8 Å². The largest absolute Gasteiger partial charge is 0.329 e. The number of piperidine rings is 1. The summed E-state index contributed by atoms with van der Waals surface area (Å²) in [5.74, 6) is 0.0600. The number of hydrogen-bond donors (Lipinski definition) is 1. The lowest BCUT2D eigenvalue weighted by Gasteiger charge is -2.36. The van der Waals surface area contributed by atoms with E-state index in [1.165, 1.54) is 4.31 Å². The van der Waals surface area contributed by atoms with Crippen LogP contribution in [0.5, 0.6) is 0 Å². The standard InChI is InChI=1S/C9H17N3O2S/c1-8-2-4-12(9(6-8)7-11)15(13,14)5-3-10/h8-9H,2,4-7,11H2,1H3. The Labute approximate surface area is 90.9 Å². The Kier molecular flexibility index (Phi) is 4.08. The molecule has 0 saturated carbocycles. The fraction of sp³-hybridized carbons (Fsp3) is 0.889. The maximum atomic E-state index is 11.7. The molecule has 0 aromatic carbocycles. The Morgan fingerprint density at radius 2 is 2.27 bits per heavy atom. The number of nitrogens with two attached hydrogens (primary N) is 1. The molecule has 1 aliphatic rings. The van der Waals surface area contributed by atoms with E-state index in [-0.39, 0.29) is 6.04 Å². The van der Waals surface area contributed by atoms with Crippen molar-refractivity contribution in [3.8, 4) is 6.07 Å². The van der Waals surface area contributed by atoms with Crippen LogP contribution >= 0.6 is 0 Å². The van der Waals surface area contributed by atoms with Crippen molar-refractivity contribution in [2.24, 2.45) is 11.7 Å². The quantitative estimate of drug-likeness (QED) is 0.734. The van der Waals surface area contributed by atoms with Crippen LogP contribution in [0.2, 0.25) is 0 Å². The minimum atomic E-state index is -3.43. The molecule has 0 spiro atoms. The molecule has 0 bridgehead atoms. The minimum absolute atomic E-state index is 0.132. The molecule has 6 heteroatoms. The molecule has 2 atom stereocenters. The van der Waals surface area contributed by atoms with Crippen molar-refractivity contribution in [3.05, 3.63) is 0 Å². The summed E-state index contributed by atoms with van der Waals surface area (Å²) in [4.78, 5) is 0. The van der Waals surface area contributed by atoms with Gasteiger partial charge in [0.2, 0.25) is 10.0 Å². The Balaban J connectivity index is 2.81. The summed E-state index contributed by atoms with van der Waals surface area (Å²) < 4.78 is 24.8. The van der Waals surface area contributed by atoms with Crippen molar-refractivity contribution in [1.82, 2.24) is 4.31 Å². The van der Waals surface area contributed by atoms with Crippen LogP contribution in [0, 0.1) is 17.2 Å². The van der Waals surface area contributed by atoms with E-state index in [9.17, 15) is 8.42 Å². The van der Waals surface area contributed by atoms with E-state index in [2.05, 4.69) is 6.92 Å². The molecule has 0 aromatic heterocycles. The molecule has 0 amide bonds. The minimum Gasteiger partial charge on any atom is -0.329 e. The van der Waals surface area contributed by atoms with Gasteiger partial charge in [-0.2, -0.15) is 9.57 Å². The monoisotopic (exact) mass is 231 g/mol. The van der Waals surface area contributed by atoms with Crippen molar-refractivity contribution in [1.29, 1.82) is 5.26 Å². The molecule has 1 fully saturated rings. The van der Waals surface area contributed by atoms with Crippen molar-refractivity contribution < 1.29 is 8.42 Å². The van der Waals surface area contributed by atoms with Gasteiger partial charge in [0, 0.05) is 19.1 Å². The Morgan fingerprint density at radius 3 is 2.80 bits per heavy atom. The van der Waals surface area contributed by atoms with Gasteiger partial charge in [0.25, 0.3) is 0 Å². The number of rotatable bonds is 3. The number of nitriles is 1. The Morgan fingerprint density at radius 1 is 1.60 bits per heavy atom. The number of hydrogen-bond acceptors (Lipinski definition) is 4. The molecule has 5 nitrogen and oxygen atoms in total. The maximum Gasteiger partial charge on any atom is 0.227 e. The van der Waals surface area contributed by atoms with Crippen LogP contribution in [-0.2, 0) is 10.0 Å². The molecule has 1 rings (SSSR count). The van der Waals surface area contributed by atoms with E-state index in [1.54, 1.807) is 6.07 Å². The zero-order valence-electron chi connectivity index (χ0n) is 8.89. The third kappa shape index (κ3) is 2.91. The maximum absolute atomic E-state index is 11.7. The van der Waals surface area contributed by atoms with Gasteiger partial charge < -0.3 is 5.73 Å². The van der Waals surface area contributed by atoms with E-state index in [0.717, 1.165) is 12.8 Å². The van der Waals surface area contributed by atoms with E-state index >= 15 is 0 Å². The highest BCUT2D eigenvalue weighted by Crippen LogP contribution is 2.24. The van der Waals surface area contributed by atoms with Crippen molar-refractivity contribution in [2.75, 3.05) is 18.8 Å². The van der Waals surface area contributed by atoms with Crippen LogP contribution < -0.4 is 5.73 Å². The van der Waals surface area contributed by atoms with Crippen LogP contribution in [0.25, 0.3) is 0 Å². The summed E-state index contributed by atoms with van der Waals surface area (Å²) in [5, 5.41) is 8.46. The number of nitrogens with zero attached hydrogens (tertiary/aromatic N) is 2. The second-order valence-corrected chi connectivity index (χ2v) is 5.97.